The normalized spacial score (nSPS) is 15.3. The molecule has 0 aromatic heterocycles. The van der Waals surface area contributed by atoms with Crippen LogP contribution in [-0.2, 0) is 9.59 Å². The average Bonchev–Trinajstić information content (AvgIpc) is 2.80. The first kappa shape index (κ1) is 25.7. The standard InChI is InChI=1S/C26H32N4O5/c1-26(2,29-24(34)19-5-3-18(4-6-19)23(27)28)22(17-7-9-20(31)10-8-17)25(35)30-13-11-16(12-14-30)15-21(32)33/h3-10,16,22,31H,11-15H2,1-2H3,(H3,27,28)(H,29,34)(H,32,33). The topological polar surface area (TPSA) is 157 Å². The van der Waals surface area contributed by atoms with Gasteiger partial charge in [0.1, 0.15) is 11.6 Å². The molecule has 0 spiro atoms. The highest BCUT2D eigenvalue weighted by Crippen LogP contribution is 2.33. The Kier molecular flexibility index (Phi) is 7.78. The van der Waals surface area contributed by atoms with Gasteiger partial charge in [-0.15, -0.1) is 0 Å². The zero-order valence-electron chi connectivity index (χ0n) is 20.0. The number of nitrogens with one attached hydrogen (secondary N) is 2. The van der Waals surface area contributed by atoms with Crippen molar-refractivity contribution in [1.29, 1.82) is 5.41 Å². The number of nitrogens with zero attached hydrogens (tertiary/aromatic N) is 1. The predicted molar refractivity (Wildman–Crippen MR) is 131 cm³/mol. The average molecular weight is 481 g/mol. The second-order valence-corrected chi connectivity index (χ2v) is 9.56. The molecule has 1 fully saturated rings. The summed E-state index contributed by atoms with van der Waals surface area (Å²) in [5, 5.41) is 29.3. The van der Waals surface area contributed by atoms with E-state index in [2.05, 4.69) is 5.32 Å². The van der Waals surface area contributed by atoms with Crippen molar-refractivity contribution in [3.8, 4) is 5.75 Å². The summed E-state index contributed by atoms with van der Waals surface area (Å²) in [5.74, 6) is -2.10. The number of likely N-dealkylation sites (tertiary alicyclic amines) is 1. The fourth-order valence-corrected chi connectivity index (χ4v) is 4.56. The van der Waals surface area contributed by atoms with E-state index in [1.165, 1.54) is 12.1 Å². The third-order valence-electron chi connectivity index (χ3n) is 6.48. The lowest BCUT2D eigenvalue weighted by Crippen LogP contribution is -2.54. The molecule has 1 unspecified atom stereocenters. The molecule has 186 valence electrons. The number of phenolic OH excluding ortho intramolecular Hbond substituents is 1. The summed E-state index contributed by atoms with van der Waals surface area (Å²) >= 11 is 0. The number of amides is 2. The Labute approximate surface area is 204 Å². The molecule has 0 radical (unpaired) electrons. The second kappa shape index (κ2) is 10.6. The maximum Gasteiger partial charge on any atom is 0.303 e. The van der Waals surface area contributed by atoms with Gasteiger partial charge in [0.05, 0.1) is 11.5 Å². The van der Waals surface area contributed by atoms with Crippen molar-refractivity contribution >= 4 is 23.6 Å². The maximum absolute atomic E-state index is 13.8. The van der Waals surface area contributed by atoms with E-state index < -0.39 is 17.4 Å². The van der Waals surface area contributed by atoms with E-state index in [0.717, 1.165) is 0 Å². The van der Waals surface area contributed by atoms with Gasteiger partial charge in [0.25, 0.3) is 5.91 Å². The number of nitrogen functional groups attached to an aromatic ring is 1. The van der Waals surface area contributed by atoms with Crippen LogP contribution in [0.1, 0.15) is 60.5 Å². The number of hydrogen-bond acceptors (Lipinski definition) is 5. The molecule has 0 saturated carbocycles. The Morgan fingerprint density at radius 3 is 2.11 bits per heavy atom. The zero-order valence-corrected chi connectivity index (χ0v) is 20.0. The van der Waals surface area contributed by atoms with E-state index in [1.807, 2.05) is 0 Å². The molecular weight excluding hydrogens is 448 g/mol. The van der Waals surface area contributed by atoms with Crippen molar-refractivity contribution in [3.63, 3.8) is 0 Å². The first-order valence-corrected chi connectivity index (χ1v) is 11.5. The molecule has 9 nitrogen and oxygen atoms in total. The van der Waals surface area contributed by atoms with Crippen molar-refractivity contribution in [2.45, 2.75) is 44.6 Å². The number of nitrogens with two attached hydrogens (primary N) is 1. The number of rotatable bonds is 8. The van der Waals surface area contributed by atoms with Crippen LogP contribution in [0.4, 0.5) is 0 Å². The maximum atomic E-state index is 13.8. The molecule has 2 aromatic carbocycles. The summed E-state index contributed by atoms with van der Waals surface area (Å²) in [7, 11) is 0. The minimum absolute atomic E-state index is 0.0364. The van der Waals surface area contributed by atoms with Crippen molar-refractivity contribution in [1.82, 2.24) is 10.2 Å². The van der Waals surface area contributed by atoms with Gasteiger partial charge in [0.2, 0.25) is 5.91 Å². The largest absolute Gasteiger partial charge is 0.508 e. The molecule has 0 bridgehead atoms. The molecule has 1 aliphatic rings. The van der Waals surface area contributed by atoms with E-state index in [-0.39, 0.29) is 35.7 Å². The number of carbonyl (C=O) groups excluding carboxylic acids is 2. The van der Waals surface area contributed by atoms with E-state index in [4.69, 9.17) is 16.2 Å². The molecule has 6 N–H and O–H groups in total. The second-order valence-electron chi connectivity index (χ2n) is 9.56. The molecule has 0 aliphatic carbocycles. The number of aromatic hydroxyl groups is 1. The Morgan fingerprint density at radius 2 is 1.60 bits per heavy atom. The number of hydrogen-bond donors (Lipinski definition) is 5. The molecule has 1 heterocycles. The predicted octanol–water partition coefficient (Wildman–Crippen LogP) is 2.68. The first-order chi connectivity index (χ1) is 16.5. The van der Waals surface area contributed by atoms with Crippen LogP contribution in [0.25, 0.3) is 0 Å². The van der Waals surface area contributed by atoms with Crippen LogP contribution in [0.15, 0.2) is 48.5 Å². The molecule has 9 heteroatoms. The fraction of sp³-hybridized carbons (Fsp3) is 0.385. The molecule has 1 aliphatic heterocycles. The molecule has 2 aromatic rings. The highest BCUT2D eigenvalue weighted by atomic mass is 16.4. The highest BCUT2D eigenvalue weighted by molar-refractivity contribution is 5.99. The van der Waals surface area contributed by atoms with Crippen LogP contribution in [0.3, 0.4) is 0 Å². The lowest BCUT2D eigenvalue weighted by Gasteiger charge is -2.40. The van der Waals surface area contributed by atoms with Gasteiger partial charge in [-0.3, -0.25) is 19.8 Å². The summed E-state index contributed by atoms with van der Waals surface area (Å²) in [6.45, 7) is 4.45. The molecule has 35 heavy (non-hydrogen) atoms. The summed E-state index contributed by atoms with van der Waals surface area (Å²) < 4.78 is 0. The Balaban J connectivity index is 1.83. The molecule has 2 amide bonds. The van der Waals surface area contributed by atoms with Gasteiger partial charge in [0.15, 0.2) is 0 Å². The van der Waals surface area contributed by atoms with Crippen LogP contribution in [-0.4, -0.2) is 57.4 Å². The van der Waals surface area contributed by atoms with Gasteiger partial charge in [0, 0.05) is 30.6 Å². The van der Waals surface area contributed by atoms with Crippen LogP contribution in [0.2, 0.25) is 0 Å². The Hall–Kier alpha value is -3.88. The van der Waals surface area contributed by atoms with Gasteiger partial charge in [-0.05, 0) is 62.4 Å². The number of phenols is 1. The minimum atomic E-state index is -0.998. The molecule has 1 atom stereocenters. The number of carboxylic acid groups (broad SMARTS) is 1. The SMILES string of the molecule is CC(C)(NC(=O)c1ccc(C(=N)N)cc1)C(C(=O)N1CCC(CC(=O)O)CC1)c1ccc(O)cc1. The van der Waals surface area contributed by atoms with Gasteiger partial charge in [-0.25, -0.2) is 0 Å². The van der Waals surface area contributed by atoms with Gasteiger partial charge < -0.3 is 26.2 Å². The lowest BCUT2D eigenvalue weighted by atomic mass is 9.79. The number of piperidine rings is 1. The first-order valence-electron chi connectivity index (χ1n) is 11.5. The third kappa shape index (κ3) is 6.38. The summed E-state index contributed by atoms with van der Waals surface area (Å²) in [6, 6.07) is 12.7. The summed E-state index contributed by atoms with van der Waals surface area (Å²) in [4.78, 5) is 39.6. The fourth-order valence-electron chi connectivity index (χ4n) is 4.56. The third-order valence-corrected chi connectivity index (χ3v) is 6.48. The number of benzene rings is 2. The van der Waals surface area contributed by atoms with E-state index in [1.54, 1.807) is 55.1 Å². The monoisotopic (exact) mass is 480 g/mol. The summed E-state index contributed by atoms with van der Waals surface area (Å²) in [6.07, 6.45) is 1.30. The van der Waals surface area contributed by atoms with Crippen molar-refractivity contribution < 1.29 is 24.6 Å². The van der Waals surface area contributed by atoms with Gasteiger partial charge >= 0.3 is 5.97 Å². The zero-order chi connectivity index (χ0) is 25.8. The van der Waals surface area contributed by atoms with E-state index in [9.17, 15) is 19.5 Å². The van der Waals surface area contributed by atoms with E-state index in [0.29, 0.717) is 42.6 Å². The minimum Gasteiger partial charge on any atom is -0.508 e. The van der Waals surface area contributed by atoms with Crippen LogP contribution < -0.4 is 11.1 Å². The molecule has 3 rings (SSSR count). The van der Waals surface area contributed by atoms with Crippen molar-refractivity contribution in [3.05, 3.63) is 65.2 Å². The summed E-state index contributed by atoms with van der Waals surface area (Å²) in [5.41, 5.74) is 6.01. The molecule has 1 saturated heterocycles. The Bertz CT molecular complexity index is 1090. The van der Waals surface area contributed by atoms with Crippen LogP contribution >= 0.6 is 0 Å². The number of aliphatic carboxylic acids is 1. The van der Waals surface area contributed by atoms with Gasteiger partial charge in [-0.1, -0.05) is 24.3 Å². The van der Waals surface area contributed by atoms with E-state index >= 15 is 0 Å². The quantitative estimate of drug-likeness (QED) is 0.289. The number of carboxylic acids is 1. The lowest BCUT2D eigenvalue weighted by molar-refractivity contribution is -0.139. The van der Waals surface area contributed by atoms with Crippen molar-refractivity contribution in [2.24, 2.45) is 11.7 Å². The van der Waals surface area contributed by atoms with Crippen molar-refractivity contribution in [2.75, 3.05) is 13.1 Å². The smallest absolute Gasteiger partial charge is 0.303 e. The van der Waals surface area contributed by atoms with Gasteiger partial charge in [-0.2, -0.15) is 0 Å². The number of amidine groups is 1. The highest BCUT2D eigenvalue weighted by Gasteiger charge is 2.41. The molecular formula is C26H32N4O5. The van der Waals surface area contributed by atoms with Crippen LogP contribution in [0.5, 0.6) is 5.75 Å². The Morgan fingerprint density at radius 1 is 1.06 bits per heavy atom. The van der Waals surface area contributed by atoms with Crippen LogP contribution in [0, 0.1) is 11.3 Å². The number of carbonyl (C=O) groups is 3.